The summed E-state index contributed by atoms with van der Waals surface area (Å²) in [6, 6.07) is 16.8. The molecule has 0 fully saturated rings. The smallest absolute Gasteiger partial charge is 0.351 e. The average molecular weight is 424 g/mol. The highest BCUT2D eigenvalue weighted by Crippen LogP contribution is 2.35. The van der Waals surface area contributed by atoms with Gasteiger partial charge >= 0.3 is 6.18 Å². The minimum Gasteiger partial charge on any atom is -0.351 e. The van der Waals surface area contributed by atoms with E-state index in [9.17, 15) is 18.0 Å². The molecule has 158 valence electrons. The molecule has 0 aliphatic rings. The van der Waals surface area contributed by atoms with Crippen LogP contribution < -0.4 is 5.32 Å². The zero-order valence-electron chi connectivity index (χ0n) is 16.6. The third-order valence-electron chi connectivity index (χ3n) is 4.82. The molecule has 0 saturated carbocycles. The average Bonchev–Trinajstić information content (AvgIpc) is 3.22. The molecule has 8 heteroatoms. The van der Waals surface area contributed by atoms with E-state index in [1.807, 2.05) is 43.3 Å². The van der Waals surface area contributed by atoms with E-state index in [4.69, 9.17) is 0 Å². The Morgan fingerprint density at radius 1 is 1.03 bits per heavy atom. The number of nitrogens with zero attached hydrogens (tertiary/aromatic N) is 3. The van der Waals surface area contributed by atoms with Gasteiger partial charge in [-0.25, -0.2) is 9.67 Å². The summed E-state index contributed by atoms with van der Waals surface area (Å²) in [5.41, 5.74) is 0.0622. The Morgan fingerprint density at radius 2 is 1.81 bits per heavy atom. The monoisotopic (exact) mass is 424 g/mol. The number of amides is 1. The Kier molecular flexibility index (Phi) is 5.46. The highest BCUT2D eigenvalue weighted by Gasteiger charge is 2.35. The van der Waals surface area contributed by atoms with Gasteiger partial charge in [0.05, 0.1) is 5.69 Å². The molecular weight excluding hydrogens is 405 g/mol. The molecule has 31 heavy (non-hydrogen) atoms. The number of rotatable bonds is 5. The van der Waals surface area contributed by atoms with Crippen molar-refractivity contribution >= 4 is 16.7 Å². The summed E-state index contributed by atoms with van der Waals surface area (Å²) in [7, 11) is 0. The van der Waals surface area contributed by atoms with E-state index in [1.54, 1.807) is 6.07 Å². The number of benzene rings is 2. The van der Waals surface area contributed by atoms with Gasteiger partial charge in [0.2, 0.25) is 0 Å². The van der Waals surface area contributed by atoms with Crippen molar-refractivity contribution in [2.24, 2.45) is 0 Å². The van der Waals surface area contributed by atoms with Crippen molar-refractivity contribution in [3.8, 4) is 17.1 Å². The summed E-state index contributed by atoms with van der Waals surface area (Å²) in [5.74, 6) is -0.833. The molecule has 0 saturated heterocycles. The van der Waals surface area contributed by atoms with E-state index in [-0.39, 0.29) is 11.5 Å². The van der Waals surface area contributed by atoms with Crippen LogP contribution in [0.3, 0.4) is 0 Å². The fraction of sp³-hybridized carbons (Fsp3) is 0.174. The zero-order valence-corrected chi connectivity index (χ0v) is 16.6. The second-order valence-electron chi connectivity index (χ2n) is 7.02. The number of fused-ring (bicyclic) bond motifs is 1. The van der Waals surface area contributed by atoms with Gasteiger partial charge in [0.1, 0.15) is 5.56 Å². The lowest BCUT2D eigenvalue weighted by Gasteiger charge is -2.14. The number of pyridine rings is 1. The number of hydrogen-bond acceptors (Lipinski definition) is 3. The summed E-state index contributed by atoms with van der Waals surface area (Å²) in [6.07, 6.45) is -2.63. The van der Waals surface area contributed by atoms with Crippen LogP contribution in [0.25, 0.3) is 27.8 Å². The van der Waals surface area contributed by atoms with Crippen LogP contribution in [0.5, 0.6) is 0 Å². The zero-order chi connectivity index (χ0) is 22.0. The molecule has 0 radical (unpaired) electrons. The molecule has 2 heterocycles. The number of alkyl halides is 3. The number of hydrogen-bond donors (Lipinski definition) is 1. The predicted octanol–water partition coefficient (Wildman–Crippen LogP) is 5.25. The fourth-order valence-corrected chi connectivity index (χ4v) is 3.32. The minimum absolute atomic E-state index is 0.0235. The topological polar surface area (TPSA) is 59.8 Å². The Morgan fingerprint density at radius 3 is 2.55 bits per heavy atom. The highest BCUT2D eigenvalue weighted by molar-refractivity contribution is 5.94. The summed E-state index contributed by atoms with van der Waals surface area (Å²) in [6.45, 7) is 2.34. The van der Waals surface area contributed by atoms with Crippen molar-refractivity contribution < 1.29 is 18.0 Å². The molecule has 0 unspecified atom stereocenters. The standard InChI is InChI=1S/C23H19F3N4O/c1-2-11-28-22(31)19-14-20(17-10-9-15-6-3-4-7-16(15)13-17)30(29-19)21-18(23(24,25)26)8-5-12-27-21/h3-10,12-14H,2,11H2,1H3,(H,28,31). The second-order valence-corrected chi connectivity index (χ2v) is 7.02. The molecule has 0 aliphatic carbocycles. The number of carbonyl (C=O) groups excluding carboxylic acids is 1. The van der Waals surface area contributed by atoms with Gasteiger partial charge < -0.3 is 5.32 Å². The van der Waals surface area contributed by atoms with E-state index in [0.717, 1.165) is 27.9 Å². The van der Waals surface area contributed by atoms with Gasteiger partial charge in [0.25, 0.3) is 5.91 Å². The van der Waals surface area contributed by atoms with E-state index in [2.05, 4.69) is 15.4 Å². The highest BCUT2D eigenvalue weighted by atomic mass is 19.4. The first kappa shape index (κ1) is 20.6. The molecule has 4 rings (SSSR count). The normalized spacial score (nSPS) is 11.6. The first-order valence-corrected chi connectivity index (χ1v) is 9.78. The van der Waals surface area contributed by atoms with Crippen molar-refractivity contribution in [3.63, 3.8) is 0 Å². The first-order valence-electron chi connectivity index (χ1n) is 9.78. The third-order valence-corrected chi connectivity index (χ3v) is 4.82. The Labute approximate surface area is 176 Å². The van der Waals surface area contributed by atoms with Gasteiger partial charge in [0, 0.05) is 18.3 Å². The molecule has 4 aromatic rings. The van der Waals surface area contributed by atoms with Gasteiger partial charge in [-0.2, -0.15) is 18.3 Å². The predicted molar refractivity (Wildman–Crippen MR) is 112 cm³/mol. The number of halogens is 3. The maximum absolute atomic E-state index is 13.6. The van der Waals surface area contributed by atoms with Crippen LogP contribution in [0.4, 0.5) is 13.2 Å². The minimum atomic E-state index is -4.62. The fourth-order valence-electron chi connectivity index (χ4n) is 3.32. The maximum atomic E-state index is 13.6. The van der Waals surface area contributed by atoms with Crippen molar-refractivity contribution in [3.05, 3.63) is 78.1 Å². The van der Waals surface area contributed by atoms with Crippen LogP contribution in [0.2, 0.25) is 0 Å². The summed E-state index contributed by atoms with van der Waals surface area (Å²) < 4.78 is 42.0. The van der Waals surface area contributed by atoms with Crippen LogP contribution in [0.15, 0.2) is 66.9 Å². The van der Waals surface area contributed by atoms with E-state index >= 15 is 0 Å². The second kappa shape index (κ2) is 8.22. The Bertz CT molecular complexity index is 1250. The Balaban J connectivity index is 1.92. The molecule has 0 aliphatic heterocycles. The van der Waals surface area contributed by atoms with Gasteiger partial charge in [-0.1, -0.05) is 43.3 Å². The number of carbonyl (C=O) groups is 1. The largest absolute Gasteiger partial charge is 0.420 e. The molecule has 5 nitrogen and oxygen atoms in total. The maximum Gasteiger partial charge on any atom is 0.420 e. The third kappa shape index (κ3) is 4.14. The molecule has 0 bridgehead atoms. The lowest BCUT2D eigenvalue weighted by atomic mass is 10.0. The van der Waals surface area contributed by atoms with Crippen LogP contribution in [-0.2, 0) is 6.18 Å². The first-order chi connectivity index (χ1) is 14.9. The summed E-state index contributed by atoms with van der Waals surface area (Å²) >= 11 is 0. The molecule has 1 amide bonds. The molecule has 2 aromatic heterocycles. The van der Waals surface area contributed by atoms with Gasteiger partial charge in [-0.05, 0) is 41.5 Å². The molecule has 1 N–H and O–H groups in total. The van der Waals surface area contributed by atoms with Crippen molar-refractivity contribution in [2.75, 3.05) is 6.54 Å². The van der Waals surface area contributed by atoms with Crippen LogP contribution in [0.1, 0.15) is 29.4 Å². The summed E-state index contributed by atoms with van der Waals surface area (Å²) in [5, 5.41) is 8.83. The lowest BCUT2D eigenvalue weighted by molar-refractivity contribution is -0.137. The number of nitrogens with one attached hydrogen (secondary N) is 1. The molecular formula is C23H19F3N4O. The van der Waals surface area contributed by atoms with Crippen LogP contribution >= 0.6 is 0 Å². The van der Waals surface area contributed by atoms with Crippen molar-refractivity contribution in [2.45, 2.75) is 19.5 Å². The lowest BCUT2D eigenvalue weighted by Crippen LogP contribution is -2.24. The van der Waals surface area contributed by atoms with E-state index < -0.39 is 17.6 Å². The number of aromatic nitrogens is 3. The van der Waals surface area contributed by atoms with Gasteiger partial charge in [-0.15, -0.1) is 0 Å². The van der Waals surface area contributed by atoms with Crippen LogP contribution in [0, 0.1) is 0 Å². The van der Waals surface area contributed by atoms with Gasteiger partial charge in [0.15, 0.2) is 11.5 Å². The molecule has 0 spiro atoms. The quantitative estimate of drug-likeness (QED) is 0.476. The Hall–Kier alpha value is -3.68. The summed E-state index contributed by atoms with van der Waals surface area (Å²) in [4.78, 5) is 16.4. The molecule has 2 aromatic carbocycles. The van der Waals surface area contributed by atoms with Crippen molar-refractivity contribution in [1.82, 2.24) is 20.1 Å². The van der Waals surface area contributed by atoms with Crippen LogP contribution in [-0.4, -0.2) is 27.2 Å². The van der Waals surface area contributed by atoms with E-state index in [1.165, 1.54) is 18.3 Å². The molecule has 0 atom stereocenters. The van der Waals surface area contributed by atoms with E-state index in [0.29, 0.717) is 17.8 Å². The van der Waals surface area contributed by atoms with Crippen molar-refractivity contribution in [1.29, 1.82) is 0 Å². The van der Waals surface area contributed by atoms with Gasteiger partial charge in [-0.3, -0.25) is 4.79 Å². The SMILES string of the molecule is CCCNC(=O)c1cc(-c2ccc3ccccc3c2)n(-c2ncccc2C(F)(F)F)n1.